The van der Waals surface area contributed by atoms with Gasteiger partial charge in [0.05, 0.1) is 37.5 Å². The minimum atomic E-state index is -1.04. The second-order valence-electron chi connectivity index (χ2n) is 6.46. The van der Waals surface area contributed by atoms with E-state index in [1.807, 2.05) is 17.7 Å². The van der Waals surface area contributed by atoms with Gasteiger partial charge in [-0.2, -0.15) is 0 Å². The van der Waals surface area contributed by atoms with Crippen molar-refractivity contribution in [3.63, 3.8) is 0 Å². The van der Waals surface area contributed by atoms with Gasteiger partial charge in [-0.3, -0.25) is 4.79 Å². The van der Waals surface area contributed by atoms with Crippen molar-refractivity contribution in [3.05, 3.63) is 30.6 Å². The van der Waals surface area contributed by atoms with Crippen molar-refractivity contribution in [1.29, 1.82) is 0 Å². The second-order valence-corrected chi connectivity index (χ2v) is 6.46. The Bertz CT molecular complexity index is 1010. The van der Waals surface area contributed by atoms with E-state index in [0.29, 0.717) is 17.4 Å². The molecule has 0 radical (unpaired) electrons. The lowest BCUT2D eigenvalue weighted by molar-refractivity contribution is -0.117. The third kappa shape index (κ3) is 2.97. The Balaban J connectivity index is 1.75. The Morgan fingerprint density at radius 2 is 2.07 bits per heavy atom. The predicted molar refractivity (Wildman–Crippen MR) is 98.7 cm³/mol. The molecule has 0 aliphatic heterocycles. The SMILES string of the molecule is COc1ccnc(OC)c1-c1cc2cc(NC(=O)[C@H]3CC3F)ncc2n1C. The molecule has 0 spiro atoms. The maximum Gasteiger partial charge on any atom is 0.231 e. The van der Waals surface area contributed by atoms with Gasteiger partial charge >= 0.3 is 0 Å². The molecule has 1 amide bonds. The van der Waals surface area contributed by atoms with Crippen molar-refractivity contribution in [2.75, 3.05) is 19.5 Å². The summed E-state index contributed by atoms with van der Waals surface area (Å²) in [5, 5.41) is 3.55. The quantitative estimate of drug-likeness (QED) is 0.747. The number of hydrogen-bond acceptors (Lipinski definition) is 5. The molecule has 0 bridgehead atoms. The Labute approximate surface area is 155 Å². The Morgan fingerprint density at radius 1 is 1.30 bits per heavy atom. The number of carbonyl (C=O) groups excluding carboxylic acids is 1. The van der Waals surface area contributed by atoms with Gasteiger partial charge in [0.2, 0.25) is 11.8 Å². The van der Waals surface area contributed by atoms with Crippen molar-refractivity contribution in [3.8, 4) is 22.9 Å². The number of pyridine rings is 2. The monoisotopic (exact) mass is 370 g/mol. The summed E-state index contributed by atoms with van der Waals surface area (Å²) in [5.41, 5.74) is 2.43. The van der Waals surface area contributed by atoms with Crippen molar-refractivity contribution >= 4 is 22.6 Å². The molecule has 0 saturated heterocycles. The largest absolute Gasteiger partial charge is 0.496 e. The molecule has 4 rings (SSSR count). The number of fused-ring (bicyclic) bond motifs is 1. The molecule has 1 N–H and O–H groups in total. The first kappa shape index (κ1) is 17.3. The lowest BCUT2D eigenvalue weighted by atomic mass is 10.1. The van der Waals surface area contributed by atoms with Crippen LogP contribution in [-0.2, 0) is 11.8 Å². The first-order chi connectivity index (χ1) is 13.0. The Kier molecular flexibility index (Phi) is 4.18. The fraction of sp³-hybridized carbons (Fsp3) is 0.316. The standard InChI is InChI=1S/C19H19FN4O3/c1-24-13(17-15(26-2)4-5-21-19(17)27-3)6-10-7-16(22-9-14(10)24)23-18(25)11-8-12(11)20/h4-7,9,11-12H,8H2,1-3H3,(H,22,23,25)/t11-,12?/m0/s1. The van der Waals surface area contributed by atoms with Gasteiger partial charge in [0, 0.05) is 18.6 Å². The zero-order chi connectivity index (χ0) is 19.1. The van der Waals surface area contributed by atoms with Gasteiger partial charge in [-0.25, -0.2) is 14.4 Å². The van der Waals surface area contributed by atoms with Gasteiger partial charge in [0.15, 0.2) is 0 Å². The third-order valence-electron chi connectivity index (χ3n) is 4.78. The average Bonchev–Trinajstić information content (AvgIpc) is 3.33. The third-order valence-corrected chi connectivity index (χ3v) is 4.78. The van der Waals surface area contributed by atoms with Crippen molar-refractivity contribution in [2.24, 2.45) is 13.0 Å². The Hall–Kier alpha value is -3.16. The maximum atomic E-state index is 13.1. The van der Waals surface area contributed by atoms with E-state index in [-0.39, 0.29) is 12.3 Å². The number of aromatic nitrogens is 3. The molecule has 1 fully saturated rings. The second kappa shape index (κ2) is 6.53. The molecule has 8 heteroatoms. The molecule has 140 valence electrons. The molecule has 27 heavy (non-hydrogen) atoms. The summed E-state index contributed by atoms with van der Waals surface area (Å²) in [4.78, 5) is 20.5. The number of amides is 1. The van der Waals surface area contributed by atoms with E-state index in [1.165, 1.54) is 0 Å². The number of methoxy groups -OCH3 is 2. The van der Waals surface area contributed by atoms with Crippen LogP contribution in [0.4, 0.5) is 10.2 Å². The van der Waals surface area contributed by atoms with Crippen molar-refractivity contribution < 1.29 is 18.7 Å². The minimum Gasteiger partial charge on any atom is -0.496 e. The zero-order valence-electron chi connectivity index (χ0n) is 15.2. The number of hydrogen-bond donors (Lipinski definition) is 1. The molecule has 1 aliphatic rings. The number of alkyl halides is 1. The number of aryl methyl sites for hydroxylation is 1. The predicted octanol–water partition coefficient (Wildman–Crippen LogP) is 2.95. The number of nitrogens with one attached hydrogen (secondary N) is 1. The topological polar surface area (TPSA) is 78.3 Å². The summed E-state index contributed by atoms with van der Waals surface area (Å²) >= 11 is 0. The smallest absolute Gasteiger partial charge is 0.231 e. The molecule has 1 unspecified atom stereocenters. The highest BCUT2D eigenvalue weighted by Crippen LogP contribution is 2.39. The molecule has 0 aromatic carbocycles. The average molecular weight is 370 g/mol. The van der Waals surface area contributed by atoms with Crippen LogP contribution in [0.5, 0.6) is 11.6 Å². The zero-order valence-corrected chi connectivity index (χ0v) is 15.2. The van der Waals surface area contributed by atoms with Crippen LogP contribution in [0.1, 0.15) is 6.42 Å². The number of anilines is 1. The summed E-state index contributed by atoms with van der Waals surface area (Å²) in [7, 11) is 5.05. The maximum absolute atomic E-state index is 13.1. The van der Waals surface area contributed by atoms with E-state index < -0.39 is 12.1 Å². The lowest BCUT2D eigenvalue weighted by Crippen LogP contribution is -2.15. The van der Waals surface area contributed by atoms with Crippen LogP contribution in [0.15, 0.2) is 30.6 Å². The van der Waals surface area contributed by atoms with Crippen LogP contribution >= 0.6 is 0 Å². The van der Waals surface area contributed by atoms with Crippen molar-refractivity contribution in [2.45, 2.75) is 12.6 Å². The normalized spacial score (nSPS) is 18.4. The van der Waals surface area contributed by atoms with Gasteiger partial charge in [-0.05, 0) is 24.6 Å². The van der Waals surface area contributed by atoms with Gasteiger partial charge < -0.3 is 19.4 Å². The number of rotatable bonds is 5. The van der Waals surface area contributed by atoms with E-state index in [1.54, 1.807) is 38.7 Å². The summed E-state index contributed by atoms with van der Waals surface area (Å²) in [5.74, 6) is 0.592. The molecule has 2 atom stereocenters. The first-order valence-electron chi connectivity index (χ1n) is 8.51. The van der Waals surface area contributed by atoms with Gasteiger partial charge in [0.1, 0.15) is 23.3 Å². The summed E-state index contributed by atoms with van der Waals surface area (Å²) < 4.78 is 25.9. The van der Waals surface area contributed by atoms with Crippen molar-refractivity contribution in [1.82, 2.24) is 14.5 Å². The van der Waals surface area contributed by atoms with Gasteiger partial charge in [-0.1, -0.05) is 0 Å². The first-order valence-corrected chi connectivity index (χ1v) is 8.51. The molecule has 1 aliphatic carbocycles. The van der Waals surface area contributed by atoms with E-state index in [4.69, 9.17) is 9.47 Å². The summed E-state index contributed by atoms with van der Waals surface area (Å²) in [6, 6.07) is 5.48. The van der Waals surface area contributed by atoms with Crippen LogP contribution in [0.2, 0.25) is 0 Å². The molecular weight excluding hydrogens is 351 g/mol. The van der Waals surface area contributed by atoms with Crippen LogP contribution in [0.3, 0.4) is 0 Å². The van der Waals surface area contributed by atoms with Crippen LogP contribution < -0.4 is 14.8 Å². The van der Waals surface area contributed by atoms with E-state index >= 15 is 0 Å². The highest BCUT2D eigenvalue weighted by atomic mass is 19.1. The van der Waals surface area contributed by atoms with Gasteiger partial charge in [-0.15, -0.1) is 0 Å². The molecule has 3 heterocycles. The van der Waals surface area contributed by atoms with E-state index in [0.717, 1.165) is 22.2 Å². The number of carbonyl (C=O) groups is 1. The van der Waals surface area contributed by atoms with Crippen LogP contribution in [0.25, 0.3) is 22.2 Å². The molecule has 3 aromatic rings. The van der Waals surface area contributed by atoms with E-state index in [2.05, 4.69) is 15.3 Å². The summed E-state index contributed by atoms with van der Waals surface area (Å²) in [6.07, 6.45) is 2.53. The molecular formula is C19H19FN4O3. The fourth-order valence-corrected chi connectivity index (χ4v) is 3.18. The number of ether oxygens (including phenoxy) is 2. The summed E-state index contributed by atoms with van der Waals surface area (Å²) in [6.45, 7) is 0. The lowest BCUT2D eigenvalue weighted by Gasteiger charge is -2.12. The Morgan fingerprint density at radius 3 is 2.74 bits per heavy atom. The van der Waals surface area contributed by atoms with E-state index in [9.17, 15) is 9.18 Å². The minimum absolute atomic E-state index is 0.282. The molecule has 3 aromatic heterocycles. The molecule has 1 saturated carbocycles. The molecule has 7 nitrogen and oxygen atoms in total. The van der Waals surface area contributed by atoms with Crippen LogP contribution in [0, 0.1) is 5.92 Å². The fourth-order valence-electron chi connectivity index (χ4n) is 3.18. The highest BCUT2D eigenvalue weighted by Gasteiger charge is 2.43. The number of halogens is 1. The number of nitrogens with zero attached hydrogens (tertiary/aromatic N) is 3. The van der Waals surface area contributed by atoms with Gasteiger partial charge in [0.25, 0.3) is 0 Å². The van der Waals surface area contributed by atoms with Crippen LogP contribution in [-0.4, -0.2) is 40.8 Å². The highest BCUT2D eigenvalue weighted by molar-refractivity contribution is 5.96.